The van der Waals surface area contributed by atoms with Gasteiger partial charge in [-0.05, 0) is 36.6 Å². The molecule has 0 atom stereocenters. The fourth-order valence-corrected chi connectivity index (χ4v) is 2.96. The first-order valence-electron chi connectivity index (χ1n) is 6.42. The number of aryl methyl sites for hydroxylation is 1. The Hall–Kier alpha value is -1.44. The molecule has 0 radical (unpaired) electrons. The summed E-state index contributed by atoms with van der Waals surface area (Å²) in [5.41, 5.74) is 1.67. The van der Waals surface area contributed by atoms with Gasteiger partial charge in [-0.2, -0.15) is 0 Å². The second-order valence-corrected chi connectivity index (χ2v) is 7.21. The zero-order chi connectivity index (χ0) is 15.8. The van der Waals surface area contributed by atoms with Crippen LogP contribution in [-0.4, -0.2) is 23.2 Å². The van der Waals surface area contributed by atoms with Crippen LogP contribution in [0.15, 0.2) is 23.4 Å². The van der Waals surface area contributed by atoms with E-state index >= 15 is 0 Å². The lowest BCUT2D eigenvalue weighted by Crippen LogP contribution is -2.20. The number of sulfonamides is 1. The summed E-state index contributed by atoms with van der Waals surface area (Å²) in [6.07, 6.45) is 0. The van der Waals surface area contributed by atoms with Crippen LogP contribution in [0.2, 0.25) is 5.02 Å². The molecule has 6 nitrogen and oxygen atoms in total. The minimum absolute atomic E-state index is 0.216. The maximum absolute atomic E-state index is 11.7. The standard InChI is InChI=1S/C13H17ClN4O2S/c1-8(2)7-18-12(16-17-13(18)21(15,19)20)11-5-4-10(14)6-9(11)3/h4-6,8H,7H2,1-3H3,(H2,15,19,20). The molecule has 114 valence electrons. The Bertz CT molecular complexity index is 768. The van der Waals surface area contributed by atoms with Crippen LogP contribution in [0.3, 0.4) is 0 Å². The highest BCUT2D eigenvalue weighted by Gasteiger charge is 2.23. The maximum atomic E-state index is 11.7. The molecule has 0 aliphatic carbocycles. The van der Waals surface area contributed by atoms with Gasteiger partial charge in [-0.15, -0.1) is 10.2 Å². The second kappa shape index (κ2) is 5.75. The summed E-state index contributed by atoms with van der Waals surface area (Å²) in [4.78, 5) is 0. The van der Waals surface area contributed by atoms with Crippen LogP contribution in [0.1, 0.15) is 19.4 Å². The second-order valence-electron chi connectivity index (χ2n) is 5.31. The van der Waals surface area contributed by atoms with Crippen molar-refractivity contribution in [2.24, 2.45) is 11.1 Å². The number of primary sulfonamides is 1. The molecule has 2 aromatic rings. The molecule has 21 heavy (non-hydrogen) atoms. The SMILES string of the molecule is Cc1cc(Cl)ccc1-c1nnc(S(N)(=O)=O)n1CC(C)C. The fourth-order valence-electron chi connectivity index (χ4n) is 2.11. The van der Waals surface area contributed by atoms with E-state index in [1.165, 1.54) is 4.57 Å². The van der Waals surface area contributed by atoms with E-state index in [1.807, 2.05) is 20.8 Å². The highest BCUT2D eigenvalue weighted by Crippen LogP contribution is 2.26. The van der Waals surface area contributed by atoms with Gasteiger partial charge >= 0.3 is 0 Å². The third kappa shape index (κ3) is 3.42. The number of aromatic nitrogens is 3. The lowest BCUT2D eigenvalue weighted by atomic mass is 10.1. The van der Waals surface area contributed by atoms with E-state index in [0.717, 1.165) is 11.1 Å². The summed E-state index contributed by atoms with van der Waals surface area (Å²) in [7, 11) is -3.92. The molecule has 0 aliphatic heterocycles. The molecule has 8 heteroatoms. The molecule has 0 unspecified atom stereocenters. The molecule has 0 spiro atoms. The van der Waals surface area contributed by atoms with E-state index in [1.54, 1.807) is 18.2 Å². The van der Waals surface area contributed by atoms with Gasteiger partial charge in [-0.1, -0.05) is 25.4 Å². The summed E-state index contributed by atoms with van der Waals surface area (Å²) in [6.45, 7) is 6.29. The Balaban J connectivity index is 2.66. The van der Waals surface area contributed by atoms with Gasteiger partial charge in [-0.25, -0.2) is 13.6 Å². The number of hydrogen-bond donors (Lipinski definition) is 1. The Morgan fingerprint density at radius 3 is 2.52 bits per heavy atom. The van der Waals surface area contributed by atoms with Crippen molar-refractivity contribution in [2.45, 2.75) is 32.5 Å². The van der Waals surface area contributed by atoms with Gasteiger partial charge in [0.15, 0.2) is 5.82 Å². The quantitative estimate of drug-likeness (QED) is 0.931. The number of halogens is 1. The van der Waals surface area contributed by atoms with E-state index in [9.17, 15) is 8.42 Å². The average Bonchev–Trinajstić information content (AvgIpc) is 2.71. The molecular formula is C13H17ClN4O2S. The molecule has 1 aromatic heterocycles. The van der Waals surface area contributed by atoms with Gasteiger partial charge in [-0.3, -0.25) is 4.57 Å². The molecule has 2 N–H and O–H groups in total. The highest BCUT2D eigenvalue weighted by molar-refractivity contribution is 7.89. The molecule has 0 aliphatic rings. The molecule has 0 bridgehead atoms. The van der Waals surface area contributed by atoms with E-state index in [2.05, 4.69) is 10.2 Å². The summed E-state index contributed by atoms with van der Waals surface area (Å²) in [5, 5.41) is 13.4. The van der Waals surface area contributed by atoms with Gasteiger partial charge in [0.25, 0.3) is 15.2 Å². The number of benzene rings is 1. The predicted molar refractivity (Wildman–Crippen MR) is 81.4 cm³/mol. The first-order valence-corrected chi connectivity index (χ1v) is 8.35. The van der Waals surface area contributed by atoms with Crippen LogP contribution in [-0.2, 0) is 16.6 Å². The van der Waals surface area contributed by atoms with Crippen molar-refractivity contribution < 1.29 is 8.42 Å². The van der Waals surface area contributed by atoms with E-state index < -0.39 is 10.0 Å². The third-order valence-corrected chi connectivity index (χ3v) is 3.99. The monoisotopic (exact) mass is 328 g/mol. The van der Waals surface area contributed by atoms with Crippen LogP contribution in [0.4, 0.5) is 0 Å². The molecule has 0 saturated carbocycles. The van der Waals surface area contributed by atoms with Crippen molar-refractivity contribution in [1.82, 2.24) is 14.8 Å². The first-order chi connectivity index (χ1) is 9.70. The van der Waals surface area contributed by atoms with Crippen LogP contribution in [0.25, 0.3) is 11.4 Å². The predicted octanol–water partition coefficient (Wildman–Crippen LogP) is 2.21. The summed E-state index contributed by atoms with van der Waals surface area (Å²) in [5.74, 6) is 0.690. The van der Waals surface area contributed by atoms with Crippen molar-refractivity contribution in [2.75, 3.05) is 0 Å². The number of rotatable bonds is 4. The van der Waals surface area contributed by atoms with E-state index in [4.69, 9.17) is 16.7 Å². The number of nitrogens with zero attached hydrogens (tertiary/aromatic N) is 3. The normalized spacial score (nSPS) is 12.1. The molecule has 0 saturated heterocycles. The highest BCUT2D eigenvalue weighted by atomic mass is 35.5. The van der Waals surface area contributed by atoms with Gasteiger partial charge in [0.05, 0.1) is 0 Å². The average molecular weight is 329 g/mol. The van der Waals surface area contributed by atoms with Gasteiger partial charge in [0, 0.05) is 17.1 Å². The Morgan fingerprint density at radius 2 is 2.00 bits per heavy atom. The van der Waals surface area contributed by atoms with Crippen LogP contribution in [0, 0.1) is 12.8 Å². The molecule has 1 aromatic carbocycles. The smallest absolute Gasteiger partial charge is 0.273 e. The first kappa shape index (κ1) is 15.9. The molecular weight excluding hydrogens is 312 g/mol. The number of hydrogen-bond acceptors (Lipinski definition) is 4. The van der Waals surface area contributed by atoms with Crippen molar-refractivity contribution in [1.29, 1.82) is 0 Å². The minimum atomic E-state index is -3.92. The zero-order valence-corrected chi connectivity index (χ0v) is 13.6. The summed E-state index contributed by atoms with van der Waals surface area (Å²) in [6, 6.07) is 5.32. The van der Waals surface area contributed by atoms with Crippen LogP contribution in [0.5, 0.6) is 0 Å². The summed E-state index contributed by atoms with van der Waals surface area (Å²) >= 11 is 5.95. The third-order valence-electron chi connectivity index (χ3n) is 2.95. The van der Waals surface area contributed by atoms with Gasteiger partial charge in [0.1, 0.15) is 0 Å². The largest absolute Gasteiger partial charge is 0.296 e. The fraction of sp³-hybridized carbons (Fsp3) is 0.385. The van der Waals surface area contributed by atoms with Gasteiger partial charge < -0.3 is 0 Å². The lowest BCUT2D eigenvalue weighted by Gasteiger charge is -2.13. The van der Waals surface area contributed by atoms with Crippen molar-refractivity contribution >= 4 is 21.6 Å². The Morgan fingerprint density at radius 1 is 1.33 bits per heavy atom. The molecule has 1 heterocycles. The molecule has 2 rings (SSSR count). The number of nitrogens with two attached hydrogens (primary N) is 1. The van der Waals surface area contributed by atoms with Crippen molar-refractivity contribution in [3.05, 3.63) is 28.8 Å². The topological polar surface area (TPSA) is 90.9 Å². The van der Waals surface area contributed by atoms with Crippen molar-refractivity contribution in [3.63, 3.8) is 0 Å². The van der Waals surface area contributed by atoms with Crippen molar-refractivity contribution in [3.8, 4) is 11.4 Å². The Labute approximate surface area is 129 Å². The van der Waals surface area contributed by atoms with E-state index in [0.29, 0.717) is 17.4 Å². The lowest BCUT2D eigenvalue weighted by molar-refractivity contribution is 0.486. The maximum Gasteiger partial charge on any atom is 0.273 e. The Kier molecular flexibility index (Phi) is 4.36. The molecule has 0 fully saturated rings. The van der Waals surface area contributed by atoms with Crippen LogP contribution < -0.4 is 5.14 Å². The minimum Gasteiger partial charge on any atom is -0.296 e. The molecule has 0 amide bonds. The van der Waals surface area contributed by atoms with Crippen LogP contribution >= 0.6 is 11.6 Å². The zero-order valence-electron chi connectivity index (χ0n) is 12.0. The van der Waals surface area contributed by atoms with Gasteiger partial charge in [0.2, 0.25) is 0 Å². The van der Waals surface area contributed by atoms with E-state index in [-0.39, 0.29) is 11.1 Å². The summed E-state index contributed by atoms with van der Waals surface area (Å²) < 4.78 is 24.8.